The van der Waals surface area contributed by atoms with Crippen LogP contribution in [0.3, 0.4) is 0 Å². The Morgan fingerprint density at radius 3 is 2.80 bits per heavy atom. The van der Waals surface area contributed by atoms with Crippen LogP contribution in [0, 0.1) is 0 Å². The smallest absolute Gasteiger partial charge is 0.212 e. The predicted octanol–water partition coefficient (Wildman–Crippen LogP) is 0.907. The van der Waals surface area contributed by atoms with Crippen LogP contribution in [0.5, 0.6) is 11.5 Å². The molecule has 0 bridgehead atoms. The third-order valence-electron chi connectivity index (χ3n) is 2.71. The Kier molecular flexibility index (Phi) is 4.89. The van der Waals surface area contributed by atoms with E-state index in [1.165, 1.54) is 4.80 Å². The molecule has 1 aromatic heterocycles. The van der Waals surface area contributed by atoms with Gasteiger partial charge in [-0.15, -0.1) is 10.2 Å². The Morgan fingerprint density at radius 1 is 1.30 bits per heavy atom. The standard InChI is InChI=1S/C13H19N5O2/c1-4-14-8-10-5-6-11(12(7-10)19-3)20-9-13-15-17-18(2)16-13/h5-7,14H,4,8-9H2,1-3H3. The molecule has 0 atom stereocenters. The molecule has 0 radical (unpaired) electrons. The van der Waals surface area contributed by atoms with Crippen LogP contribution in [0.15, 0.2) is 18.2 Å². The number of hydrogen-bond donors (Lipinski definition) is 1. The van der Waals surface area contributed by atoms with Gasteiger partial charge in [0.25, 0.3) is 0 Å². The molecule has 7 heteroatoms. The van der Waals surface area contributed by atoms with E-state index < -0.39 is 0 Å². The van der Waals surface area contributed by atoms with Crippen LogP contribution in [-0.4, -0.2) is 33.9 Å². The van der Waals surface area contributed by atoms with Gasteiger partial charge in [-0.1, -0.05) is 13.0 Å². The van der Waals surface area contributed by atoms with Crippen molar-refractivity contribution in [1.29, 1.82) is 0 Å². The van der Waals surface area contributed by atoms with Gasteiger partial charge in [0.1, 0.15) is 0 Å². The van der Waals surface area contributed by atoms with Gasteiger partial charge in [-0.05, 0) is 29.5 Å². The summed E-state index contributed by atoms with van der Waals surface area (Å²) >= 11 is 0. The zero-order valence-corrected chi connectivity index (χ0v) is 12.0. The van der Waals surface area contributed by atoms with Crippen LogP contribution >= 0.6 is 0 Å². The van der Waals surface area contributed by atoms with E-state index in [2.05, 4.69) is 27.7 Å². The molecule has 2 aromatic rings. The molecule has 1 heterocycles. The summed E-state index contributed by atoms with van der Waals surface area (Å²) < 4.78 is 11.0. The molecule has 108 valence electrons. The summed E-state index contributed by atoms with van der Waals surface area (Å²) in [6.07, 6.45) is 0. The number of nitrogens with zero attached hydrogens (tertiary/aromatic N) is 4. The monoisotopic (exact) mass is 277 g/mol. The van der Waals surface area contributed by atoms with E-state index in [0.717, 1.165) is 18.7 Å². The van der Waals surface area contributed by atoms with E-state index in [-0.39, 0.29) is 6.61 Å². The van der Waals surface area contributed by atoms with Gasteiger partial charge < -0.3 is 14.8 Å². The first-order valence-corrected chi connectivity index (χ1v) is 6.46. The molecule has 20 heavy (non-hydrogen) atoms. The highest BCUT2D eigenvalue weighted by atomic mass is 16.5. The number of aryl methyl sites for hydroxylation is 1. The Bertz CT molecular complexity index is 555. The Hall–Kier alpha value is -2.15. The van der Waals surface area contributed by atoms with E-state index >= 15 is 0 Å². The fourth-order valence-corrected chi connectivity index (χ4v) is 1.73. The molecule has 0 amide bonds. The number of benzene rings is 1. The minimum Gasteiger partial charge on any atom is -0.493 e. The second-order valence-electron chi connectivity index (χ2n) is 4.25. The third kappa shape index (κ3) is 3.67. The second kappa shape index (κ2) is 6.85. The van der Waals surface area contributed by atoms with Crippen molar-refractivity contribution in [1.82, 2.24) is 25.5 Å². The number of aromatic nitrogens is 4. The van der Waals surface area contributed by atoms with Gasteiger partial charge >= 0.3 is 0 Å². The fourth-order valence-electron chi connectivity index (χ4n) is 1.73. The Balaban J connectivity index is 2.03. The van der Waals surface area contributed by atoms with Gasteiger partial charge in [0.05, 0.1) is 14.2 Å². The maximum atomic E-state index is 5.66. The molecule has 0 aliphatic heterocycles. The van der Waals surface area contributed by atoms with Crippen molar-refractivity contribution in [3.63, 3.8) is 0 Å². The molecule has 1 N–H and O–H groups in total. The topological polar surface area (TPSA) is 74.1 Å². The molecule has 0 saturated carbocycles. The average molecular weight is 277 g/mol. The molecule has 0 aliphatic rings. The lowest BCUT2D eigenvalue weighted by Gasteiger charge is -2.11. The Morgan fingerprint density at radius 2 is 2.15 bits per heavy atom. The molecule has 0 saturated heterocycles. The lowest BCUT2D eigenvalue weighted by Crippen LogP contribution is -2.11. The summed E-state index contributed by atoms with van der Waals surface area (Å²) in [6, 6.07) is 5.86. The van der Waals surface area contributed by atoms with Crippen LogP contribution in [0.1, 0.15) is 18.3 Å². The van der Waals surface area contributed by atoms with Crippen LogP contribution in [0.2, 0.25) is 0 Å². The van der Waals surface area contributed by atoms with Gasteiger partial charge in [-0.3, -0.25) is 0 Å². The molecule has 0 fully saturated rings. The van der Waals surface area contributed by atoms with Crippen molar-refractivity contribution < 1.29 is 9.47 Å². The van der Waals surface area contributed by atoms with E-state index in [1.54, 1.807) is 14.2 Å². The molecule has 0 aliphatic carbocycles. The van der Waals surface area contributed by atoms with Crippen LogP contribution in [-0.2, 0) is 20.2 Å². The zero-order valence-electron chi connectivity index (χ0n) is 12.0. The number of tetrazole rings is 1. The number of ether oxygens (including phenoxy) is 2. The first-order valence-electron chi connectivity index (χ1n) is 6.46. The van der Waals surface area contributed by atoms with Crippen molar-refractivity contribution in [2.45, 2.75) is 20.1 Å². The highest BCUT2D eigenvalue weighted by molar-refractivity contribution is 5.42. The van der Waals surface area contributed by atoms with Gasteiger partial charge in [0.15, 0.2) is 18.1 Å². The molecule has 0 unspecified atom stereocenters. The van der Waals surface area contributed by atoms with E-state index in [9.17, 15) is 0 Å². The molecule has 1 aromatic carbocycles. The SMILES string of the molecule is CCNCc1ccc(OCc2nnn(C)n2)c(OC)c1. The molecule has 0 spiro atoms. The highest BCUT2D eigenvalue weighted by Gasteiger charge is 2.08. The van der Waals surface area contributed by atoms with Crippen LogP contribution in [0.25, 0.3) is 0 Å². The van der Waals surface area contributed by atoms with Crippen molar-refractivity contribution in [2.24, 2.45) is 7.05 Å². The summed E-state index contributed by atoms with van der Waals surface area (Å²) in [6.45, 7) is 4.07. The summed E-state index contributed by atoms with van der Waals surface area (Å²) in [7, 11) is 3.34. The first-order chi connectivity index (χ1) is 9.72. The number of nitrogens with one attached hydrogen (secondary N) is 1. The fraction of sp³-hybridized carbons (Fsp3) is 0.462. The van der Waals surface area contributed by atoms with Crippen LogP contribution < -0.4 is 14.8 Å². The van der Waals surface area contributed by atoms with Gasteiger partial charge in [-0.2, -0.15) is 4.80 Å². The van der Waals surface area contributed by atoms with E-state index in [1.807, 2.05) is 18.2 Å². The van der Waals surface area contributed by atoms with E-state index in [0.29, 0.717) is 17.3 Å². The molecular formula is C13H19N5O2. The quantitative estimate of drug-likeness (QED) is 0.811. The minimum absolute atomic E-state index is 0.261. The highest BCUT2D eigenvalue weighted by Crippen LogP contribution is 2.28. The number of rotatable bonds is 7. The summed E-state index contributed by atoms with van der Waals surface area (Å²) in [5.74, 6) is 1.90. The van der Waals surface area contributed by atoms with Crippen molar-refractivity contribution in [3.05, 3.63) is 29.6 Å². The third-order valence-corrected chi connectivity index (χ3v) is 2.71. The normalized spacial score (nSPS) is 10.6. The maximum absolute atomic E-state index is 5.66. The predicted molar refractivity (Wildman–Crippen MR) is 73.5 cm³/mol. The van der Waals surface area contributed by atoms with Gasteiger partial charge in [-0.25, -0.2) is 0 Å². The Labute approximate surface area is 117 Å². The van der Waals surface area contributed by atoms with Crippen molar-refractivity contribution in [2.75, 3.05) is 13.7 Å². The molecule has 2 rings (SSSR count). The summed E-state index contributed by atoms with van der Waals surface area (Å²) in [5, 5.41) is 15.0. The zero-order chi connectivity index (χ0) is 14.4. The average Bonchev–Trinajstić information content (AvgIpc) is 2.88. The van der Waals surface area contributed by atoms with Crippen LogP contribution in [0.4, 0.5) is 0 Å². The van der Waals surface area contributed by atoms with Crippen molar-refractivity contribution in [3.8, 4) is 11.5 Å². The second-order valence-corrected chi connectivity index (χ2v) is 4.25. The van der Waals surface area contributed by atoms with Gasteiger partial charge in [0, 0.05) is 6.54 Å². The number of methoxy groups -OCH3 is 1. The van der Waals surface area contributed by atoms with Gasteiger partial charge in [0.2, 0.25) is 5.82 Å². The summed E-state index contributed by atoms with van der Waals surface area (Å²) in [5.41, 5.74) is 1.15. The lowest BCUT2D eigenvalue weighted by atomic mass is 10.2. The molecule has 7 nitrogen and oxygen atoms in total. The largest absolute Gasteiger partial charge is 0.493 e. The first kappa shape index (κ1) is 14.3. The molecular weight excluding hydrogens is 258 g/mol. The lowest BCUT2D eigenvalue weighted by molar-refractivity contribution is 0.275. The maximum Gasteiger partial charge on any atom is 0.212 e. The number of hydrogen-bond acceptors (Lipinski definition) is 6. The minimum atomic E-state index is 0.261. The summed E-state index contributed by atoms with van der Waals surface area (Å²) in [4.78, 5) is 1.40. The van der Waals surface area contributed by atoms with E-state index in [4.69, 9.17) is 9.47 Å². The van der Waals surface area contributed by atoms with Crippen molar-refractivity contribution >= 4 is 0 Å².